The number of amides is 1. The van der Waals surface area contributed by atoms with Gasteiger partial charge in [0.2, 0.25) is 5.91 Å². The topological polar surface area (TPSA) is 95.9 Å². The van der Waals surface area contributed by atoms with Crippen LogP contribution in [-0.4, -0.2) is 46.9 Å². The normalized spacial score (nSPS) is 14.2. The van der Waals surface area contributed by atoms with Gasteiger partial charge >= 0.3 is 5.97 Å². The van der Waals surface area contributed by atoms with E-state index in [0.717, 1.165) is 89.9 Å². The minimum atomic E-state index is -0.830. The van der Waals surface area contributed by atoms with E-state index in [1.807, 2.05) is 6.08 Å². The average Bonchev–Trinajstić information content (AvgIpc) is 3.26. The number of carbonyl (C=O) groups is 2. The summed E-state index contributed by atoms with van der Waals surface area (Å²) in [6.07, 6.45) is 66.1. The second-order valence-electron chi connectivity index (χ2n) is 16.5. The molecule has 3 atom stereocenters. The van der Waals surface area contributed by atoms with Crippen LogP contribution in [0.2, 0.25) is 0 Å². The van der Waals surface area contributed by atoms with Gasteiger partial charge < -0.3 is 20.3 Å². The van der Waals surface area contributed by atoms with Crippen LogP contribution < -0.4 is 5.32 Å². The molecule has 352 valence electrons. The lowest BCUT2D eigenvalue weighted by Crippen LogP contribution is -2.46. The molecule has 0 fully saturated rings. The predicted molar refractivity (Wildman–Crippen MR) is 268 cm³/mol. The molecule has 1 amide bonds. The number of aliphatic hydroxyl groups excluding tert-OH is 2. The minimum absolute atomic E-state index is 0.0655. The summed E-state index contributed by atoms with van der Waals surface area (Å²) in [5, 5.41) is 23.6. The third-order valence-corrected chi connectivity index (χ3v) is 10.6. The molecule has 0 heterocycles. The third kappa shape index (κ3) is 43.2. The van der Waals surface area contributed by atoms with Crippen LogP contribution in [-0.2, 0) is 14.3 Å². The first-order valence-electron chi connectivity index (χ1n) is 25.1. The SMILES string of the molecule is CC/C=C/C/C=C/C/C=C/C/C=C/C/C=C/C(CC(=O)NC(CO)C(O)CCCCCCCCCCCC)OC(=O)CCCCC/C=C\C/C=C\C/C=C\C/C=C\CCCCC. The summed E-state index contributed by atoms with van der Waals surface area (Å²) in [6.45, 7) is 6.26. The van der Waals surface area contributed by atoms with E-state index in [9.17, 15) is 19.8 Å². The van der Waals surface area contributed by atoms with E-state index in [0.29, 0.717) is 19.3 Å². The summed E-state index contributed by atoms with van der Waals surface area (Å²) in [7, 11) is 0. The number of aliphatic hydroxyl groups is 2. The molecule has 3 N–H and O–H groups in total. The molecule has 0 saturated heterocycles. The standard InChI is InChI=1S/C56H93NO5/c1-4-7-10-13-16-19-22-24-26-27-28-29-30-32-34-37-40-43-46-49-56(61)62-52(47-44-41-38-35-33-31-25-23-20-17-14-11-8-5-2)50-55(60)57-53(51-58)54(59)48-45-42-39-36-21-18-15-12-9-6-3/h8,11,16-17,19-20,24-26,28-29,31-32,34-35,38,44,47,52-54,58-59H,4-7,9-10,12-15,18,21-23,27,30,33,36-37,39-43,45-46,48-51H2,1-3H3,(H,57,60)/b11-8+,19-16-,20-17+,26-24-,29-28-,31-25+,34-32-,38-35+,47-44+. The molecule has 3 unspecified atom stereocenters. The Balaban J connectivity index is 4.80. The highest BCUT2D eigenvalue weighted by atomic mass is 16.5. The van der Waals surface area contributed by atoms with Gasteiger partial charge in [0.15, 0.2) is 0 Å². The first-order valence-corrected chi connectivity index (χ1v) is 25.1. The Morgan fingerprint density at radius 3 is 1.39 bits per heavy atom. The Labute approximate surface area is 381 Å². The molecule has 0 aliphatic rings. The number of hydrogen-bond acceptors (Lipinski definition) is 5. The van der Waals surface area contributed by atoms with Gasteiger partial charge in [0, 0.05) is 6.42 Å². The van der Waals surface area contributed by atoms with Gasteiger partial charge in [0.05, 0.1) is 25.2 Å². The summed E-state index contributed by atoms with van der Waals surface area (Å²) in [4.78, 5) is 26.0. The number of carbonyl (C=O) groups excluding carboxylic acids is 2. The number of nitrogens with one attached hydrogen (secondary N) is 1. The summed E-state index contributed by atoms with van der Waals surface area (Å²) < 4.78 is 5.80. The summed E-state index contributed by atoms with van der Waals surface area (Å²) in [5.41, 5.74) is 0. The second kappa shape index (κ2) is 48.6. The molecule has 0 aliphatic heterocycles. The molecule has 6 nitrogen and oxygen atoms in total. The number of ether oxygens (including phenoxy) is 1. The van der Waals surface area contributed by atoms with E-state index >= 15 is 0 Å². The molecule has 0 saturated carbocycles. The van der Waals surface area contributed by atoms with Crippen LogP contribution in [0.15, 0.2) is 109 Å². The van der Waals surface area contributed by atoms with Crippen LogP contribution in [0.25, 0.3) is 0 Å². The lowest BCUT2D eigenvalue weighted by Gasteiger charge is -2.23. The van der Waals surface area contributed by atoms with Crippen molar-refractivity contribution in [2.45, 2.75) is 225 Å². The Morgan fingerprint density at radius 2 is 0.903 bits per heavy atom. The van der Waals surface area contributed by atoms with Crippen molar-refractivity contribution in [1.82, 2.24) is 5.32 Å². The lowest BCUT2D eigenvalue weighted by molar-refractivity contribution is -0.148. The van der Waals surface area contributed by atoms with Gasteiger partial charge in [-0.25, -0.2) is 0 Å². The van der Waals surface area contributed by atoms with Crippen LogP contribution in [0.4, 0.5) is 0 Å². The highest BCUT2D eigenvalue weighted by Gasteiger charge is 2.23. The minimum Gasteiger partial charge on any atom is -0.458 e. The van der Waals surface area contributed by atoms with Crippen molar-refractivity contribution in [2.24, 2.45) is 0 Å². The van der Waals surface area contributed by atoms with Gasteiger partial charge in [-0.05, 0) is 96.0 Å². The monoisotopic (exact) mass is 860 g/mol. The van der Waals surface area contributed by atoms with Crippen molar-refractivity contribution >= 4 is 11.9 Å². The molecule has 0 rings (SSSR count). The second-order valence-corrected chi connectivity index (χ2v) is 16.5. The van der Waals surface area contributed by atoms with Crippen LogP contribution in [0.3, 0.4) is 0 Å². The van der Waals surface area contributed by atoms with Gasteiger partial charge in [-0.3, -0.25) is 9.59 Å². The third-order valence-electron chi connectivity index (χ3n) is 10.6. The van der Waals surface area contributed by atoms with E-state index < -0.39 is 18.2 Å². The van der Waals surface area contributed by atoms with Crippen molar-refractivity contribution in [3.05, 3.63) is 109 Å². The molecule has 0 bridgehead atoms. The molecule has 0 spiro atoms. The number of esters is 1. The zero-order chi connectivity index (χ0) is 45.2. The lowest BCUT2D eigenvalue weighted by atomic mass is 10.0. The number of unbranched alkanes of at least 4 members (excludes halogenated alkanes) is 15. The Hall–Kier alpha value is -3.48. The predicted octanol–water partition coefficient (Wildman–Crippen LogP) is 15.1. The molecule has 6 heteroatoms. The van der Waals surface area contributed by atoms with Crippen LogP contribution >= 0.6 is 0 Å². The maximum Gasteiger partial charge on any atom is 0.306 e. The van der Waals surface area contributed by atoms with E-state index in [1.54, 1.807) is 6.08 Å². The van der Waals surface area contributed by atoms with E-state index in [-0.39, 0.29) is 24.9 Å². The van der Waals surface area contributed by atoms with E-state index in [1.165, 1.54) is 70.6 Å². The van der Waals surface area contributed by atoms with Crippen LogP contribution in [0, 0.1) is 0 Å². The van der Waals surface area contributed by atoms with Gasteiger partial charge in [0.1, 0.15) is 6.10 Å². The summed E-state index contributed by atoms with van der Waals surface area (Å²) >= 11 is 0. The number of allylic oxidation sites excluding steroid dienone is 17. The van der Waals surface area contributed by atoms with Crippen LogP contribution in [0.5, 0.6) is 0 Å². The quantitative estimate of drug-likeness (QED) is 0.0322. The molecule has 0 aromatic rings. The Morgan fingerprint density at radius 1 is 0.500 bits per heavy atom. The Bertz CT molecular complexity index is 1280. The van der Waals surface area contributed by atoms with Crippen molar-refractivity contribution in [3.8, 4) is 0 Å². The van der Waals surface area contributed by atoms with Crippen molar-refractivity contribution in [1.29, 1.82) is 0 Å². The summed E-state index contributed by atoms with van der Waals surface area (Å²) in [5.74, 6) is -0.676. The highest BCUT2D eigenvalue weighted by molar-refractivity contribution is 5.78. The van der Waals surface area contributed by atoms with Crippen LogP contribution in [0.1, 0.15) is 207 Å². The molecule has 0 aromatic heterocycles. The first-order chi connectivity index (χ1) is 30.5. The van der Waals surface area contributed by atoms with E-state index in [2.05, 4.69) is 123 Å². The summed E-state index contributed by atoms with van der Waals surface area (Å²) in [6, 6.07) is -0.754. The highest BCUT2D eigenvalue weighted by Crippen LogP contribution is 2.14. The molecule has 0 aliphatic carbocycles. The zero-order valence-corrected chi connectivity index (χ0v) is 40.0. The van der Waals surface area contributed by atoms with Crippen molar-refractivity contribution < 1.29 is 24.5 Å². The smallest absolute Gasteiger partial charge is 0.306 e. The molecular formula is C56H93NO5. The van der Waals surface area contributed by atoms with Gasteiger partial charge in [-0.2, -0.15) is 0 Å². The Kier molecular flexibility index (Phi) is 45.8. The van der Waals surface area contributed by atoms with Crippen molar-refractivity contribution in [3.63, 3.8) is 0 Å². The zero-order valence-electron chi connectivity index (χ0n) is 40.0. The van der Waals surface area contributed by atoms with Gasteiger partial charge in [-0.15, -0.1) is 0 Å². The molecule has 0 aromatic carbocycles. The number of rotatable bonds is 43. The molecule has 0 radical (unpaired) electrons. The van der Waals surface area contributed by atoms with E-state index in [4.69, 9.17) is 4.74 Å². The molecule has 62 heavy (non-hydrogen) atoms. The maximum absolute atomic E-state index is 13.1. The van der Waals surface area contributed by atoms with Gasteiger partial charge in [0.25, 0.3) is 0 Å². The molecular weight excluding hydrogens is 767 g/mol. The van der Waals surface area contributed by atoms with Gasteiger partial charge in [-0.1, -0.05) is 208 Å². The van der Waals surface area contributed by atoms with Crippen molar-refractivity contribution in [2.75, 3.05) is 6.61 Å². The fraction of sp³-hybridized carbons (Fsp3) is 0.643. The largest absolute Gasteiger partial charge is 0.458 e. The number of hydrogen-bond donors (Lipinski definition) is 3. The first kappa shape index (κ1) is 58.5. The average molecular weight is 860 g/mol. The maximum atomic E-state index is 13.1. The fourth-order valence-corrected chi connectivity index (χ4v) is 6.78. The fourth-order valence-electron chi connectivity index (χ4n) is 6.78.